The van der Waals surface area contributed by atoms with Crippen LogP contribution < -0.4 is 0 Å². The minimum atomic E-state index is -0.555. The van der Waals surface area contributed by atoms with Crippen LogP contribution in [0.5, 0.6) is 0 Å². The fraction of sp³-hybridized carbons (Fsp3) is 0.231. The van der Waals surface area contributed by atoms with E-state index in [1.54, 1.807) is 21.8 Å². The standard InChI is InChI=1S/C26H24N4O3/c1-2-30-25-22(15-27-30)21(14-23(28-25)19-9-4-3-5-10-19)26(32)33-17-24(31)29-13-12-18-8-6-7-11-20(18)16-29/h3-11,14-15H,2,12-13,16-17H2,1H3. The Kier molecular flexibility index (Phi) is 5.60. The Morgan fingerprint density at radius 2 is 1.79 bits per heavy atom. The molecule has 166 valence electrons. The van der Waals surface area contributed by atoms with Crippen molar-refractivity contribution >= 4 is 22.9 Å². The van der Waals surface area contributed by atoms with E-state index >= 15 is 0 Å². The van der Waals surface area contributed by atoms with Gasteiger partial charge in [-0.1, -0.05) is 54.6 Å². The smallest absolute Gasteiger partial charge is 0.339 e. The lowest BCUT2D eigenvalue weighted by Crippen LogP contribution is -2.38. The summed E-state index contributed by atoms with van der Waals surface area (Å²) >= 11 is 0. The highest BCUT2D eigenvalue weighted by molar-refractivity contribution is 6.04. The minimum absolute atomic E-state index is 0.198. The monoisotopic (exact) mass is 440 g/mol. The molecule has 0 spiro atoms. The van der Waals surface area contributed by atoms with Gasteiger partial charge in [0.2, 0.25) is 0 Å². The molecule has 1 aliphatic rings. The summed E-state index contributed by atoms with van der Waals surface area (Å²) in [6, 6.07) is 19.5. The molecule has 2 aromatic carbocycles. The Balaban J connectivity index is 1.37. The third-order valence-corrected chi connectivity index (χ3v) is 6.01. The van der Waals surface area contributed by atoms with Crippen LogP contribution in [0.3, 0.4) is 0 Å². The lowest BCUT2D eigenvalue weighted by atomic mass is 10.00. The summed E-state index contributed by atoms with van der Waals surface area (Å²) < 4.78 is 7.22. The molecule has 1 aliphatic heterocycles. The second-order valence-corrected chi connectivity index (χ2v) is 8.03. The van der Waals surface area contributed by atoms with Crippen LogP contribution in [-0.4, -0.2) is 44.7 Å². The first-order chi connectivity index (χ1) is 16.1. The predicted molar refractivity (Wildman–Crippen MR) is 124 cm³/mol. The highest BCUT2D eigenvalue weighted by Crippen LogP contribution is 2.26. The Labute approximate surface area is 191 Å². The molecule has 1 amide bonds. The molecule has 0 radical (unpaired) electrons. The summed E-state index contributed by atoms with van der Waals surface area (Å²) in [4.78, 5) is 32.3. The molecule has 7 heteroatoms. The summed E-state index contributed by atoms with van der Waals surface area (Å²) in [5, 5.41) is 4.96. The number of nitrogens with zero attached hydrogens (tertiary/aromatic N) is 4. The summed E-state index contributed by atoms with van der Waals surface area (Å²) in [6.07, 6.45) is 2.43. The van der Waals surface area contributed by atoms with Gasteiger partial charge in [-0.2, -0.15) is 5.10 Å². The maximum absolute atomic E-state index is 13.1. The molecule has 0 N–H and O–H groups in total. The van der Waals surface area contributed by atoms with Crippen LogP contribution in [0.2, 0.25) is 0 Å². The highest BCUT2D eigenvalue weighted by atomic mass is 16.5. The fourth-order valence-corrected chi connectivity index (χ4v) is 4.21. The van der Waals surface area contributed by atoms with Gasteiger partial charge in [0.1, 0.15) is 0 Å². The van der Waals surface area contributed by atoms with E-state index in [1.165, 1.54) is 5.56 Å². The number of rotatable bonds is 5. The van der Waals surface area contributed by atoms with Crippen molar-refractivity contribution in [3.05, 3.63) is 83.6 Å². The second-order valence-electron chi connectivity index (χ2n) is 8.03. The number of ether oxygens (including phenoxy) is 1. The number of aryl methyl sites for hydroxylation is 1. The Morgan fingerprint density at radius 3 is 2.58 bits per heavy atom. The van der Waals surface area contributed by atoms with Gasteiger partial charge in [0.15, 0.2) is 12.3 Å². The number of carbonyl (C=O) groups is 2. The molecular formula is C26H24N4O3. The molecule has 0 bridgehead atoms. The normalized spacial score (nSPS) is 13.1. The molecule has 0 saturated carbocycles. The molecule has 0 atom stereocenters. The van der Waals surface area contributed by atoms with Gasteiger partial charge in [-0.3, -0.25) is 4.79 Å². The summed E-state index contributed by atoms with van der Waals surface area (Å²) in [5.41, 5.74) is 4.92. The minimum Gasteiger partial charge on any atom is -0.452 e. The number of hydrogen-bond donors (Lipinski definition) is 0. The molecule has 7 nitrogen and oxygen atoms in total. The molecule has 33 heavy (non-hydrogen) atoms. The van der Waals surface area contributed by atoms with Crippen molar-refractivity contribution < 1.29 is 14.3 Å². The Morgan fingerprint density at radius 1 is 1.03 bits per heavy atom. The topological polar surface area (TPSA) is 77.3 Å². The van der Waals surface area contributed by atoms with Gasteiger partial charge in [-0.25, -0.2) is 14.5 Å². The molecular weight excluding hydrogens is 416 g/mol. The average molecular weight is 441 g/mol. The Bertz CT molecular complexity index is 1330. The number of aromatic nitrogens is 3. The average Bonchev–Trinajstić information content (AvgIpc) is 3.29. The van der Waals surface area contributed by atoms with Gasteiger partial charge < -0.3 is 9.64 Å². The first-order valence-electron chi connectivity index (χ1n) is 11.1. The SMILES string of the molecule is CCn1ncc2c(C(=O)OCC(=O)N3CCc4ccccc4C3)cc(-c3ccccc3)nc21. The van der Waals surface area contributed by atoms with Crippen molar-refractivity contribution in [3.63, 3.8) is 0 Å². The van der Waals surface area contributed by atoms with Gasteiger partial charge in [-0.05, 0) is 30.5 Å². The molecule has 0 unspecified atom stereocenters. The number of hydrogen-bond acceptors (Lipinski definition) is 5. The number of carbonyl (C=O) groups excluding carboxylic acids is 2. The van der Waals surface area contributed by atoms with Crippen LogP contribution in [0.1, 0.15) is 28.4 Å². The van der Waals surface area contributed by atoms with Gasteiger partial charge in [-0.15, -0.1) is 0 Å². The summed E-state index contributed by atoms with van der Waals surface area (Å²) in [7, 11) is 0. The highest BCUT2D eigenvalue weighted by Gasteiger charge is 2.23. The van der Waals surface area contributed by atoms with Crippen LogP contribution in [-0.2, 0) is 29.0 Å². The number of amides is 1. The molecule has 0 saturated heterocycles. The maximum atomic E-state index is 13.1. The molecule has 5 rings (SSSR count). The van der Waals surface area contributed by atoms with Crippen molar-refractivity contribution in [1.29, 1.82) is 0 Å². The molecule has 4 aromatic rings. The van der Waals surface area contributed by atoms with Crippen molar-refractivity contribution in [2.24, 2.45) is 0 Å². The van der Waals surface area contributed by atoms with E-state index in [-0.39, 0.29) is 12.5 Å². The van der Waals surface area contributed by atoms with E-state index < -0.39 is 5.97 Å². The van der Waals surface area contributed by atoms with Gasteiger partial charge >= 0.3 is 5.97 Å². The van der Waals surface area contributed by atoms with Crippen LogP contribution in [0, 0.1) is 0 Å². The van der Waals surface area contributed by atoms with Crippen LogP contribution >= 0.6 is 0 Å². The predicted octanol–water partition coefficient (Wildman–Crippen LogP) is 3.86. The maximum Gasteiger partial charge on any atom is 0.339 e. The zero-order valence-corrected chi connectivity index (χ0v) is 18.4. The van der Waals surface area contributed by atoms with E-state index in [4.69, 9.17) is 9.72 Å². The lowest BCUT2D eigenvalue weighted by Gasteiger charge is -2.28. The van der Waals surface area contributed by atoms with E-state index in [0.717, 1.165) is 17.5 Å². The first kappa shape index (κ1) is 20.9. The van der Waals surface area contributed by atoms with Gasteiger partial charge in [0, 0.05) is 25.2 Å². The summed E-state index contributed by atoms with van der Waals surface area (Å²) in [6.45, 7) is 3.45. The molecule has 0 aliphatic carbocycles. The van der Waals surface area contributed by atoms with E-state index in [1.807, 2.05) is 55.5 Å². The van der Waals surface area contributed by atoms with Crippen LogP contribution in [0.15, 0.2) is 66.9 Å². The number of fused-ring (bicyclic) bond motifs is 2. The Hall–Kier alpha value is -4.00. The van der Waals surface area contributed by atoms with Crippen molar-refractivity contribution in [1.82, 2.24) is 19.7 Å². The first-order valence-corrected chi connectivity index (χ1v) is 11.1. The zero-order valence-electron chi connectivity index (χ0n) is 18.4. The van der Waals surface area contributed by atoms with Crippen molar-refractivity contribution in [2.45, 2.75) is 26.4 Å². The van der Waals surface area contributed by atoms with Crippen LogP contribution in [0.25, 0.3) is 22.3 Å². The number of esters is 1. The largest absolute Gasteiger partial charge is 0.452 e. The van der Waals surface area contributed by atoms with Gasteiger partial charge in [0.05, 0.1) is 22.8 Å². The lowest BCUT2D eigenvalue weighted by molar-refractivity contribution is -0.135. The van der Waals surface area contributed by atoms with Gasteiger partial charge in [0.25, 0.3) is 5.91 Å². The molecule has 2 aromatic heterocycles. The van der Waals surface area contributed by atoms with E-state index in [0.29, 0.717) is 41.9 Å². The summed E-state index contributed by atoms with van der Waals surface area (Å²) in [5.74, 6) is -0.753. The second kappa shape index (κ2) is 8.86. The van der Waals surface area contributed by atoms with E-state index in [2.05, 4.69) is 11.2 Å². The number of pyridine rings is 1. The van der Waals surface area contributed by atoms with E-state index in [9.17, 15) is 9.59 Å². The van der Waals surface area contributed by atoms with Crippen molar-refractivity contribution in [2.75, 3.05) is 13.2 Å². The quantitative estimate of drug-likeness (QED) is 0.441. The third kappa shape index (κ3) is 4.09. The zero-order chi connectivity index (χ0) is 22.8. The third-order valence-electron chi connectivity index (χ3n) is 6.01. The van der Waals surface area contributed by atoms with Crippen molar-refractivity contribution in [3.8, 4) is 11.3 Å². The molecule has 0 fully saturated rings. The fourth-order valence-electron chi connectivity index (χ4n) is 4.21. The molecule has 3 heterocycles. The number of benzene rings is 2. The van der Waals surface area contributed by atoms with Crippen LogP contribution in [0.4, 0.5) is 0 Å².